The van der Waals surface area contributed by atoms with Crippen LogP contribution in [0.15, 0.2) is 64.2 Å². The molecule has 0 aliphatic heterocycles. The fourth-order valence-corrected chi connectivity index (χ4v) is 3.53. The summed E-state index contributed by atoms with van der Waals surface area (Å²) in [4.78, 5) is 31.3. The molecule has 0 N–H and O–H groups in total. The topological polar surface area (TPSA) is 56.9 Å². The summed E-state index contributed by atoms with van der Waals surface area (Å²) in [6, 6.07) is 17.0. The molecular formula is C22H21N3O2. The molecule has 0 amide bonds. The van der Waals surface area contributed by atoms with E-state index in [1.807, 2.05) is 74.0 Å². The highest BCUT2D eigenvalue weighted by Crippen LogP contribution is 2.21. The van der Waals surface area contributed by atoms with Gasteiger partial charge in [0, 0.05) is 24.5 Å². The number of fused-ring (bicyclic) bond motifs is 2. The predicted molar refractivity (Wildman–Crippen MR) is 109 cm³/mol. The highest BCUT2D eigenvalue weighted by molar-refractivity contribution is 5.91. The molecule has 5 nitrogen and oxygen atoms in total. The normalized spacial score (nSPS) is 11.6. The fraction of sp³-hybridized carbons (Fsp3) is 0.227. The average molecular weight is 359 g/mol. The van der Waals surface area contributed by atoms with E-state index in [1.165, 1.54) is 0 Å². The lowest BCUT2D eigenvalue weighted by atomic mass is 10.1. The Labute approximate surface area is 156 Å². The van der Waals surface area contributed by atoms with Crippen molar-refractivity contribution in [3.63, 3.8) is 0 Å². The van der Waals surface area contributed by atoms with E-state index in [2.05, 4.69) is 0 Å². The summed E-state index contributed by atoms with van der Waals surface area (Å²) in [6.07, 6.45) is 0. The summed E-state index contributed by atoms with van der Waals surface area (Å²) in [5.41, 5.74) is 1.51. The maximum atomic E-state index is 13.4. The van der Waals surface area contributed by atoms with Gasteiger partial charge < -0.3 is 4.57 Å². The van der Waals surface area contributed by atoms with E-state index < -0.39 is 0 Å². The Balaban J connectivity index is 2.21. The molecule has 27 heavy (non-hydrogen) atoms. The number of aryl methyl sites for hydroxylation is 1. The van der Waals surface area contributed by atoms with E-state index in [0.717, 1.165) is 11.1 Å². The van der Waals surface area contributed by atoms with Gasteiger partial charge >= 0.3 is 0 Å². The van der Waals surface area contributed by atoms with Crippen LogP contribution in [-0.4, -0.2) is 14.1 Å². The van der Waals surface area contributed by atoms with Crippen LogP contribution in [0.3, 0.4) is 0 Å². The van der Waals surface area contributed by atoms with Gasteiger partial charge in [0.2, 0.25) is 5.43 Å². The van der Waals surface area contributed by atoms with Crippen molar-refractivity contribution < 1.29 is 0 Å². The Kier molecular flexibility index (Phi) is 4.15. The number of benzene rings is 2. The lowest BCUT2D eigenvalue weighted by Crippen LogP contribution is -2.30. The number of para-hydroxylation sites is 1. The molecule has 2 aromatic heterocycles. The molecule has 2 heterocycles. The van der Waals surface area contributed by atoms with Crippen LogP contribution in [0, 0.1) is 5.92 Å². The van der Waals surface area contributed by atoms with Crippen molar-refractivity contribution in [1.29, 1.82) is 0 Å². The van der Waals surface area contributed by atoms with Crippen LogP contribution < -0.4 is 11.0 Å². The number of hydrogen-bond donors (Lipinski definition) is 0. The Morgan fingerprint density at radius 2 is 1.63 bits per heavy atom. The lowest BCUT2D eigenvalue weighted by Gasteiger charge is -2.17. The van der Waals surface area contributed by atoms with Gasteiger partial charge in [0.1, 0.15) is 11.2 Å². The minimum absolute atomic E-state index is 0.150. The molecule has 0 aliphatic rings. The molecule has 0 aliphatic carbocycles. The molecule has 0 saturated heterocycles. The Morgan fingerprint density at radius 3 is 2.33 bits per heavy atom. The van der Waals surface area contributed by atoms with Crippen molar-refractivity contribution in [2.24, 2.45) is 13.0 Å². The molecule has 0 spiro atoms. The first kappa shape index (κ1) is 17.2. The van der Waals surface area contributed by atoms with Gasteiger partial charge in [-0.05, 0) is 18.1 Å². The Morgan fingerprint density at radius 1 is 0.963 bits per heavy atom. The minimum atomic E-state index is -0.279. The molecule has 0 saturated carbocycles. The second-order valence-corrected chi connectivity index (χ2v) is 7.21. The first-order valence-corrected chi connectivity index (χ1v) is 9.06. The SMILES string of the molecule is CC(C)Cn1c(-c2ccccc2)nc2c(c(=O)c3ccccc3n2C)c1=O. The number of pyridine rings is 1. The van der Waals surface area contributed by atoms with Crippen molar-refractivity contribution in [1.82, 2.24) is 14.1 Å². The monoisotopic (exact) mass is 359 g/mol. The maximum Gasteiger partial charge on any atom is 0.267 e. The third kappa shape index (κ3) is 2.76. The van der Waals surface area contributed by atoms with E-state index in [-0.39, 0.29) is 22.3 Å². The summed E-state index contributed by atoms with van der Waals surface area (Å²) < 4.78 is 3.47. The lowest BCUT2D eigenvalue weighted by molar-refractivity contribution is 0.512. The molecule has 4 aromatic rings. The largest absolute Gasteiger partial charge is 0.328 e. The minimum Gasteiger partial charge on any atom is -0.328 e. The van der Waals surface area contributed by atoms with Gasteiger partial charge in [-0.3, -0.25) is 14.2 Å². The van der Waals surface area contributed by atoms with Crippen LogP contribution >= 0.6 is 0 Å². The molecule has 5 heteroatoms. The van der Waals surface area contributed by atoms with Crippen molar-refractivity contribution in [2.75, 3.05) is 0 Å². The quantitative estimate of drug-likeness (QED) is 0.526. The van der Waals surface area contributed by atoms with E-state index in [4.69, 9.17) is 4.98 Å². The molecule has 2 aromatic carbocycles. The molecule has 4 rings (SSSR count). The average Bonchev–Trinajstić information content (AvgIpc) is 2.68. The number of rotatable bonds is 3. The third-order valence-electron chi connectivity index (χ3n) is 4.78. The highest BCUT2D eigenvalue weighted by atomic mass is 16.1. The van der Waals surface area contributed by atoms with Crippen LogP contribution in [0.2, 0.25) is 0 Å². The molecule has 0 atom stereocenters. The van der Waals surface area contributed by atoms with E-state index in [9.17, 15) is 9.59 Å². The first-order chi connectivity index (χ1) is 13.0. The van der Waals surface area contributed by atoms with E-state index >= 15 is 0 Å². The van der Waals surface area contributed by atoms with Gasteiger partial charge in [-0.15, -0.1) is 0 Å². The van der Waals surface area contributed by atoms with E-state index in [1.54, 1.807) is 10.6 Å². The maximum absolute atomic E-state index is 13.4. The van der Waals surface area contributed by atoms with Crippen molar-refractivity contribution in [3.8, 4) is 11.4 Å². The standard InChI is InChI=1S/C22H21N3O2/c1-14(2)13-25-20(15-9-5-4-6-10-15)23-21-18(22(25)27)19(26)16-11-7-8-12-17(16)24(21)3/h4-12,14H,13H2,1-3H3. The molecular weight excluding hydrogens is 338 g/mol. The molecule has 0 unspecified atom stereocenters. The zero-order valence-corrected chi connectivity index (χ0v) is 15.6. The summed E-state index contributed by atoms with van der Waals surface area (Å²) in [6.45, 7) is 4.59. The Hall–Kier alpha value is -3.21. The summed E-state index contributed by atoms with van der Waals surface area (Å²) in [7, 11) is 1.85. The number of hydrogen-bond acceptors (Lipinski definition) is 3. The molecule has 0 radical (unpaired) electrons. The van der Waals surface area contributed by atoms with Crippen LogP contribution in [-0.2, 0) is 13.6 Å². The third-order valence-corrected chi connectivity index (χ3v) is 4.78. The second kappa shape index (κ2) is 6.50. The fourth-order valence-electron chi connectivity index (χ4n) is 3.53. The molecule has 0 fully saturated rings. The van der Waals surface area contributed by atoms with Crippen molar-refractivity contribution in [3.05, 3.63) is 75.2 Å². The summed E-state index contributed by atoms with van der Waals surface area (Å²) in [5, 5.41) is 0.687. The zero-order valence-electron chi connectivity index (χ0n) is 15.6. The summed E-state index contributed by atoms with van der Waals surface area (Å²) >= 11 is 0. The smallest absolute Gasteiger partial charge is 0.267 e. The van der Waals surface area contributed by atoms with Gasteiger partial charge in [-0.2, -0.15) is 0 Å². The summed E-state index contributed by atoms with van der Waals surface area (Å²) in [5.74, 6) is 0.834. The van der Waals surface area contributed by atoms with Crippen LogP contribution in [0.4, 0.5) is 0 Å². The van der Waals surface area contributed by atoms with Gasteiger partial charge in [0.15, 0.2) is 5.65 Å². The van der Waals surface area contributed by atoms with Crippen molar-refractivity contribution in [2.45, 2.75) is 20.4 Å². The predicted octanol–water partition coefficient (Wildman–Crippen LogP) is 3.57. The van der Waals surface area contributed by atoms with Gasteiger partial charge in [0.05, 0.1) is 5.52 Å². The molecule has 0 bridgehead atoms. The molecule has 136 valence electrons. The zero-order chi connectivity index (χ0) is 19.1. The van der Waals surface area contributed by atoms with Gasteiger partial charge in [-0.1, -0.05) is 56.3 Å². The van der Waals surface area contributed by atoms with Crippen LogP contribution in [0.1, 0.15) is 13.8 Å². The highest BCUT2D eigenvalue weighted by Gasteiger charge is 2.19. The first-order valence-electron chi connectivity index (χ1n) is 9.06. The second-order valence-electron chi connectivity index (χ2n) is 7.21. The van der Waals surface area contributed by atoms with Gasteiger partial charge in [-0.25, -0.2) is 4.98 Å². The number of aromatic nitrogens is 3. The van der Waals surface area contributed by atoms with Crippen LogP contribution in [0.25, 0.3) is 33.3 Å². The van der Waals surface area contributed by atoms with E-state index in [0.29, 0.717) is 23.4 Å². The Bertz CT molecular complexity index is 1270. The van der Waals surface area contributed by atoms with Crippen LogP contribution in [0.5, 0.6) is 0 Å². The van der Waals surface area contributed by atoms with Gasteiger partial charge in [0.25, 0.3) is 5.56 Å². The number of nitrogens with zero attached hydrogens (tertiary/aromatic N) is 3. The van der Waals surface area contributed by atoms with Crippen molar-refractivity contribution >= 4 is 21.9 Å².